The van der Waals surface area contributed by atoms with Gasteiger partial charge >= 0.3 is 126 Å². The number of carbonyl (C=O) groups excluding carboxylic acids is 1. The Morgan fingerprint density at radius 1 is 1.37 bits per heavy atom. The van der Waals surface area contributed by atoms with Gasteiger partial charge in [-0.15, -0.1) is 0 Å². The molecule has 3 unspecified atom stereocenters. The summed E-state index contributed by atoms with van der Waals surface area (Å²) in [5.74, 6) is -0.579. The molecule has 1 amide bonds. The fourth-order valence-electron chi connectivity index (χ4n) is 1.38. The van der Waals surface area contributed by atoms with E-state index in [-0.39, 0.29) is 17.0 Å². The Bertz CT molecular complexity index is 453. The van der Waals surface area contributed by atoms with E-state index in [0.717, 1.165) is 5.56 Å². The van der Waals surface area contributed by atoms with Crippen LogP contribution >= 0.6 is 12.6 Å². The van der Waals surface area contributed by atoms with Crippen LogP contribution in [0.3, 0.4) is 0 Å². The monoisotopic (exact) mass is 344 g/mol. The first kappa shape index (κ1) is 16.1. The molecule has 1 aromatic carbocycles. The molecule has 0 aliphatic heterocycles. The SMILES string of the molecule is NC(Cc1ccc(NC(=O)C([AsH2])CS)cc1)C(=O)O. The van der Waals surface area contributed by atoms with Gasteiger partial charge in [-0.2, -0.15) is 0 Å². The average molecular weight is 344 g/mol. The van der Waals surface area contributed by atoms with Crippen molar-refractivity contribution in [1.29, 1.82) is 0 Å². The van der Waals surface area contributed by atoms with Gasteiger partial charge in [0.05, 0.1) is 0 Å². The zero-order chi connectivity index (χ0) is 14.4. The van der Waals surface area contributed by atoms with Gasteiger partial charge < -0.3 is 0 Å². The molecule has 0 bridgehead atoms. The van der Waals surface area contributed by atoms with Crippen LogP contribution in [-0.4, -0.2) is 45.6 Å². The Kier molecular flexibility index (Phi) is 6.41. The Hall–Kier alpha value is -0.972. The van der Waals surface area contributed by atoms with E-state index in [1.807, 2.05) is 0 Å². The van der Waals surface area contributed by atoms with Crippen molar-refractivity contribution >= 4 is 47.0 Å². The van der Waals surface area contributed by atoms with Crippen LogP contribution in [0.1, 0.15) is 5.56 Å². The van der Waals surface area contributed by atoms with Gasteiger partial charge in [-0.1, -0.05) is 0 Å². The average Bonchev–Trinajstić information content (AvgIpc) is 2.39. The number of carboxylic acids is 1. The van der Waals surface area contributed by atoms with E-state index in [0.29, 0.717) is 11.4 Å². The normalized spacial score (nSPS) is 13.6. The maximum absolute atomic E-state index is 11.7. The van der Waals surface area contributed by atoms with Crippen molar-refractivity contribution in [3.63, 3.8) is 0 Å². The van der Waals surface area contributed by atoms with Crippen molar-refractivity contribution in [1.82, 2.24) is 0 Å². The first-order valence-corrected chi connectivity index (χ1v) is 7.71. The van der Waals surface area contributed by atoms with Gasteiger partial charge in [0.2, 0.25) is 0 Å². The van der Waals surface area contributed by atoms with Crippen molar-refractivity contribution < 1.29 is 14.7 Å². The quantitative estimate of drug-likeness (QED) is 0.429. The molecule has 4 N–H and O–H groups in total. The summed E-state index contributed by atoms with van der Waals surface area (Å²) < 4.78 is -0.101. The fraction of sp³-hybridized carbons (Fsp3) is 0.333. The number of amides is 1. The van der Waals surface area contributed by atoms with E-state index in [2.05, 4.69) is 17.9 Å². The minimum atomic E-state index is -1.03. The van der Waals surface area contributed by atoms with Crippen LogP contribution in [0.25, 0.3) is 0 Å². The van der Waals surface area contributed by atoms with Gasteiger partial charge in [0.25, 0.3) is 0 Å². The van der Waals surface area contributed by atoms with Gasteiger partial charge in [0, 0.05) is 0 Å². The molecule has 19 heavy (non-hydrogen) atoms. The third kappa shape index (κ3) is 5.26. The molecule has 5 nitrogen and oxygen atoms in total. The number of nitrogens with two attached hydrogens (primary N) is 1. The van der Waals surface area contributed by atoms with Crippen LogP contribution < -0.4 is 11.1 Å². The van der Waals surface area contributed by atoms with E-state index >= 15 is 0 Å². The number of hydrogen-bond donors (Lipinski definition) is 4. The molecule has 0 aliphatic carbocycles. The molecular weight excluding hydrogens is 327 g/mol. The van der Waals surface area contributed by atoms with Crippen molar-refractivity contribution in [3.05, 3.63) is 29.8 Å². The molecule has 1 rings (SSSR count). The Morgan fingerprint density at radius 2 is 1.95 bits per heavy atom. The van der Waals surface area contributed by atoms with Crippen LogP contribution in [0.4, 0.5) is 5.69 Å². The molecule has 0 aromatic heterocycles. The number of aliphatic carboxylic acids is 1. The van der Waals surface area contributed by atoms with E-state index in [4.69, 9.17) is 10.8 Å². The summed E-state index contributed by atoms with van der Waals surface area (Å²) in [7, 11) is 0. The topological polar surface area (TPSA) is 92.4 Å². The molecule has 0 radical (unpaired) electrons. The van der Waals surface area contributed by atoms with Gasteiger partial charge in [-0.3, -0.25) is 0 Å². The molecular formula is C12H17AsN2O3S. The standard InChI is InChI=1S/C12H17AsN2O3S/c13-9(6-19)11(16)15-8-3-1-7(2-4-8)5-10(14)12(17)18/h1-4,9-10,19H,5-6,13-14H2,(H,15,16)(H,17,18). The Morgan fingerprint density at radius 3 is 2.42 bits per heavy atom. The van der Waals surface area contributed by atoms with E-state index in [1.54, 1.807) is 24.3 Å². The first-order chi connectivity index (χ1) is 8.93. The third-order valence-electron chi connectivity index (χ3n) is 2.53. The van der Waals surface area contributed by atoms with Gasteiger partial charge in [-0.05, 0) is 0 Å². The minimum absolute atomic E-state index is 0.0648. The summed E-state index contributed by atoms with van der Waals surface area (Å²) in [6.45, 7) is 0. The number of carboxylic acid groups (broad SMARTS) is 1. The van der Waals surface area contributed by atoms with E-state index in [9.17, 15) is 9.59 Å². The van der Waals surface area contributed by atoms with Crippen molar-refractivity contribution in [2.45, 2.75) is 17.2 Å². The Labute approximate surface area is 125 Å². The zero-order valence-corrected chi connectivity index (χ0v) is 13.6. The second kappa shape index (κ2) is 7.58. The zero-order valence-electron chi connectivity index (χ0n) is 10.2. The van der Waals surface area contributed by atoms with Gasteiger partial charge in [0.1, 0.15) is 0 Å². The number of thiol groups is 1. The molecule has 0 fully saturated rings. The van der Waals surface area contributed by atoms with Crippen molar-refractivity contribution in [2.75, 3.05) is 11.1 Å². The van der Waals surface area contributed by atoms with Gasteiger partial charge in [0.15, 0.2) is 0 Å². The van der Waals surface area contributed by atoms with Crippen molar-refractivity contribution in [2.24, 2.45) is 5.73 Å². The van der Waals surface area contributed by atoms with Gasteiger partial charge in [-0.25, -0.2) is 0 Å². The number of benzene rings is 1. The number of rotatable bonds is 6. The number of nitrogens with one attached hydrogen (secondary N) is 1. The molecule has 0 saturated heterocycles. The maximum atomic E-state index is 11.7. The molecule has 104 valence electrons. The summed E-state index contributed by atoms with van der Waals surface area (Å²) in [6.07, 6.45) is 0.264. The van der Waals surface area contributed by atoms with Crippen LogP contribution in [0.5, 0.6) is 0 Å². The summed E-state index contributed by atoms with van der Waals surface area (Å²) >= 11 is 5.41. The van der Waals surface area contributed by atoms with E-state index in [1.165, 1.54) is 16.9 Å². The second-order valence-corrected chi connectivity index (χ2v) is 6.18. The molecule has 0 saturated carbocycles. The molecule has 0 heterocycles. The third-order valence-corrected chi connectivity index (χ3v) is 4.88. The summed E-state index contributed by atoms with van der Waals surface area (Å²) in [5.41, 5.74) is 6.95. The summed E-state index contributed by atoms with van der Waals surface area (Å²) in [6, 6.07) is 6.08. The first-order valence-electron chi connectivity index (χ1n) is 5.68. The molecule has 0 aliphatic rings. The second-order valence-electron chi connectivity index (χ2n) is 4.12. The molecule has 0 spiro atoms. The molecule has 3 atom stereocenters. The van der Waals surface area contributed by atoms with Crippen LogP contribution in [0, 0.1) is 0 Å². The van der Waals surface area contributed by atoms with Crippen LogP contribution in [-0.2, 0) is 16.0 Å². The Balaban J connectivity index is 2.61. The number of anilines is 1. The predicted octanol–water partition coefficient (Wildman–Crippen LogP) is -0.0691. The predicted molar refractivity (Wildman–Crippen MR) is 80.5 cm³/mol. The summed E-state index contributed by atoms with van der Waals surface area (Å²) in [5, 5.41) is 11.5. The van der Waals surface area contributed by atoms with E-state index < -0.39 is 12.0 Å². The van der Waals surface area contributed by atoms with Crippen LogP contribution in [0.2, 0.25) is 4.71 Å². The number of hydrogen-bond acceptors (Lipinski definition) is 4. The summed E-state index contributed by atoms with van der Waals surface area (Å²) in [4.78, 5) is 22.3. The molecule has 1 aromatic rings. The fourth-order valence-corrected chi connectivity index (χ4v) is 1.72. The van der Waals surface area contributed by atoms with Crippen molar-refractivity contribution in [3.8, 4) is 0 Å². The molecule has 7 heteroatoms. The van der Waals surface area contributed by atoms with Crippen LogP contribution in [0.15, 0.2) is 24.3 Å². The number of carbonyl (C=O) groups is 2.